The fourth-order valence-electron chi connectivity index (χ4n) is 4.84. The summed E-state index contributed by atoms with van der Waals surface area (Å²) in [6.45, 7) is 4.80. The largest absolute Gasteiger partial charge is 0.481 e. The average molecular weight is 374 g/mol. The van der Waals surface area contributed by atoms with Gasteiger partial charge in [-0.3, -0.25) is 14.5 Å². The maximum Gasteiger partial charge on any atom is 0.308 e. The number of rotatable bonds is 4. The van der Waals surface area contributed by atoms with Gasteiger partial charge < -0.3 is 10.0 Å². The minimum atomic E-state index is -0.778. The second kappa shape index (κ2) is 6.59. The van der Waals surface area contributed by atoms with Crippen LogP contribution >= 0.6 is 0 Å². The Kier molecular flexibility index (Phi) is 4.49. The summed E-state index contributed by atoms with van der Waals surface area (Å²) in [5.74, 6) is -1.26. The van der Waals surface area contributed by atoms with Crippen LogP contribution in [0.25, 0.3) is 0 Å². The first-order chi connectivity index (χ1) is 12.8. The lowest BCUT2D eigenvalue weighted by atomic mass is 9.70. The predicted molar refractivity (Wildman–Crippen MR) is 98.4 cm³/mol. The Labute approximate surface area is 159 Å². The molecule has 2 saturated heterocycles. The van der Waals surface area contributed by atoms with Gasteiger partial charge in [-0.25, -0.2) is 4.39 Å². The van der Waals surface area contributed by atoms with Crippen molar-refractivity contribution in [1.29, 1.82) is 0 Å². The highest BCUT2D eigenvalue weighted by Gasteiger charge is 2.53. The molecule has 6 heteroatoms. The number of likely N-dealkylation sites (tertiary alicyclic amines) is 2. The molecule has 2 heterocycles. The van der Waals surface area contributed by atoms with Gasteiger partial charge in [0.2, 0.25) is 5.91 Å². The molecule has 3 aliphatic rings. The van der Waals surface area contributed by atoms with Crippen LogP contribution in [0.4, 0.5) is 4.39 Å². The molecule has 1 aromatic carbocycles. The van der Waals surface area contributed by atoms with Gasteiger partial charge in [0.05, 0.1) is 5.92 Å². The third kappa shape index (κ3) is 3.35. The van der Waals surface area contributed by atoms with E-state index in [1.807, 2.05) is 17.9 Å². The molecule has 4 rings (SSSR count). The molecule has 146 valence electrons. The van der Waals surface area contributed by atoms with E-state index in [1.165, 1.54) is 6.07 Å². The highest BCUT2D eigenvalue weighted by molar-refractivity contribution is 5.85. The van der Waals surface area contributed by atoms with E-state index < -0.39 is 11.9 Å². The summed E-state index contributed by atoms with van der Waals surface area (Å²) < 4.78 is 14.0. The number of aliphatic carboxylic acids is 1. The van der Waals surface area contributed by atoms with Gasteiger partial charge in [0, 0.05) is 49.1 Å². The first kappa shape index (κ1) is 18.4. The van der Waals surface area contributed by atoms with Crippen molar-refractivity contribution in [1.82, 2.24) is 9.80 Å². The molecule has 1 saturated carbocycles. The monoisotopic (exact) mass is 374 g/mol. The van der Waals surface area contributed by atoms with Crippen molar-refractivity contribution >= 4 is 11.9 Å². The highest BCUT2D eigenvalue weighted by atomic mass is 19.1. The van der Waals surface area contributed by atoms with E-state index in [0.717, 1.165) is 12.8 Å². The number of carboxylic acids is 1. The molecular formula is C21H27FN2O3. The van der Waals surface area contributed by atoms with Crippen LogP contribution in [0.15, 0.2) is 24.3 Å². The smallest absolute Gasteiger partial charge is 0.308 e. The van der Waals surface area contributed by atoms with Crippen LogP contribution in [-0.2, 0) is 16.1 Å². The van der Waals surface area contributed by atoms with Gasteiger partial charge in [-0.2, -0.15) is 0 Å². The molecule has 5 nitrogen and oxygen atoms in total. The molecule has 2 aliphatic heterocycles. The molecule has 1 atom stereocenters. The van der Waals surface area contributed by atoms with E-state index in [0.29, 0.717) is 51.1 Å². The number of carboxylic acid groups (broad SMARTS) is 1. The van der Waals surface area contributed by atoms with Crippen LogP contribution in [0.3, 0.4) is 0 Å². The summed E-state index contributed by atoms with van der Waals surface area (Å²) >= 11 is 0. The Bertz CT molecular complexity index is 754. The molecule has 27 heavy (non-hydrogen) atoms. The number of hydrogen-bond acceptors (Lipinski definition) is 3. The first-order valence-corrected chi connectivity index (χ1v) is 9.81. The second-order valence-corrected chi connectivity index (χ2v) is 8.87. The number of carbonyl (C=O) groups is 2. The molecule has 1 amide bonds. The van der Waals surface area contributed by atoms with Gasteiger partial charge in [0.15, 0.2) is 0 Å². The Morgan fingerprint density at radius 1 is 1.19 bits per heavy atom. The maximum absolute atomic E-state index is 14.0. The minimum absolute atomic E-state index is 0.177. The molecule has 1 spiro atoms. The third-order valence-corrected chi connectivity index (χ3v) is 6.93. The second-order valence-electron chi connectivity index (χ2n) is 8.87. The number of hydrogen-bond donors (Lipinski definition) is 1. The van der Waals surface area contributed by atoms with Crippen LogP contribution < -0.4 is 0 Å². The van der Waals surface area contributed by atoms with Crippen LogP contribution in [0.1, 0.15) is 38.2 Å². The van der Waals surface area contributed by atoms with Gasteiger partial charge in [-0.1, -0.05) is 25.1 Å². The summed E-state index contributed by atoms with van der Waals surface area (Å²) in [5, 5.41) is 9.80. The van der Waals surface area contributed by atoms with Gasteiger partial charge >= 0.3 is 5.97 Å². The third-order valence-electron chi connectivity index (χ3n) is 6.93. The topological polar surface area (TPSA) is 60.9 Å². The van der Waals surface area contributed by atoms with Crippen LogP contribution in [-0.4, -0.2) is 53.0 Å². The van der Waals surface area contributed by atoms with Crippen LogP contribution in [0.2, 0.25) is 0 Å². The van der Waals surface area contributed by atoms with Crippen LogP contribution in [0.5, 0.6) is 0 Å². The molecule has 0 aromatic heterocycles. The Morgan fingerprint density at radius 3 is 2.44 bits per heavy atom. The first-order valence-electron chi connectivity index (χ1n) is 9.81. The molecule has 1 N–H and O–H groups in total. The summed E-state index contributed by atoms with van der Waals surface area (Å²) in [4.78, 5) is 28.5. The fourth-order valence-corrected chi connectivity index (χ4v) is 4.84. The number of benzene rings is 1. The normalized spacial score (nSPS) is 26.3. The van der Waals surface area contributed by atoms with E-state index >= 15 is 0 Å². The van der Waals surface area contributed by atoms with E-state index in [-0.39, 0.29) is 22.6 Å². The lowest BCUT2D eigenvalue weighted by molar-refractivity contribution is -0.147. The number of piperidine rings is 1. The minimum Gasteiger partial charge on any atom is -0.481 e. The number of nitrogens with zero attached hydrogens (tertiary/aromatic N) is 2. The van der Waals surface area contributed by atoms with E-state index in [4.69, 9.17) is 0 Å². The van der Waals surface area contributed by atoms with Crippen LogP contribution in [0, 0.1) is 22.6 Å². The highest BCUT2D eigenvalue weighted by Crippen LogP contribution is 2.49. The SMILES string of the molecule is CC1(C(=O)N2CCC3(CC2)CN(Cc2ccccc2F)CC3C(=O)O)CC1. The Balaban J connectivity index is 1.46. The van der Waals surface area contributed by atoms with Crippen molar-refractivity contribution < 1.29 is 19.1 Å². The van der Waals surface area contributed by atoms with Gasteiger partial charge in [0.25, 0.3) is 0 Å². The Hall–Kier alpha value is -1.95. The van der Waals surface area contributed by atoms with Gasteiger partial charge in [0.1, 0.15) is 5.82 Å². The number of halogens is 1. The lowest BCUT2D eigenvalue weighted by Crippen LogP contribution is -2.49. The maximum atomic E-state index is 14.0. The molecule has 3 fully saturated rings. The van der Waals surface area contributed by atoms with Crippen molar-refractivity contribution in [3.63, 3.8) is 0 Å². The summed E-state index contributed by atoms with van der Waals surface area (Å²) in [6, 6.07) is 6.67. The van der Waals surface area contributed by atoms with Crippen molar-refractivity contribution in [3.05, 3.63) is 35.6 Å². The molecular weight excluding hydrogens is 347 g/mol. The lowest BCUT2D eigenvalue weighted by Gasteiger charge is -2.42. The van der Waals surface area contributed by atoms with E-state index in [2.05, 4.69) is 4.90 Å². The Morgan fingerprint density at radius 2 is 1.85 bits per heavy atom. The molecule has 0 bridgehead atoms. The molecule has 1 aromatic rings. The summed E-state index contributed by atoms with van der Waals surface area (Å²) in [6.07, 6.45) is 3.34. The molecule has 1 unspecified atom stereocenters. The molecule has 0 radical (unpaired) electrons. The van der Waals surface area contributed by atoms with E-state index in [1.54, 1.807) is 12.1 Å². The van der Waals surface area contributed by atoms with Gasteiger partial charge in [-0.15, -0.1) is 0 Å². The fraction of sp³-hybridized carbons (Fsp3) is 0.619. The van der Waals surface area contributed by atoms with E-state index in [9.17, 15) is 19.1 Å². The predicted octanol–water partition coefficient (Wildman–Crippen LogP) is 2.75. The zero-order chi connectivity index (χ0) is 19.2. The number of carbonyl (C=O) groups excluding carboxylic acids is 1. The quantitative estimate of drug-likeness (QED) is 0.880. The zero-order valence-electron chi connectivity index (χ0n) is 15.8. The van der Waals surface area contributed by atoms with Crippen molar-refractivity contribution in [2.75, 3.05) is 26.2 Å². The van der Waals surface area contributed by atoms with Crippen molar-refractivity contribution in [2.24, 2.45) is 16.7 Å². The summed E-state index contributed by atoms with van der Waals surface area (Å²) in [7, 11) is 0. The summed E-state index contributed by atoms with van der Waals surface area (Å²) in [5.41, 5.74) is 0.106. The molecule has 1 aliphatic carbocycles. The van der Waals surface area contributed by atoms with Gasteiger partial charge in [-0.05, 0) is 31.7 Å². The standard InChI is InChI=1S/C21H27FN2O3/c1-20(6-7-20)19(27)24-10-8-21(9-11-24)14-23(13-16(21)18(25)26)12-15-4-2-3-5-17(15)22/h2-5,16H,6-14H2,1H3,(H,25,26). The number of amides is 1. The average Bonchev–Trinajstić information content (AvgIpc) is 3.30. The van der Waals surface area contributed by atoms with Crippen molar-refractivity contribution in [3.8, 4) is 0 Å². The zero-order valence-corrected chi connectivity index (χ0v) is 15.8. The van der Waals surface area contributed by atoms with Crippen molar-refractivity contribution in [2.45, 2.75) is 39.2 Å².